The van der Waals surface area contributed by atoms with Gasteiger partial charge in [-0.3, -0.25) is 4.68 Å². The number of rotatable bonds is 9. The van der Waals surface area contributed by atoms with Gasteiger partial charge in [0.1, 0.15) is 11.9 Å². The average molecular weight is 428 g/mol. The largest absolute Gasteiger partial charge is 0.488 e. The van der Waals surface area contributed by atoms with E-state index >= 15 is 0 Å². The van der Waals surface area contributed by atoms with E-state index in [4.69, 9.17) is 14.5 Å². The molecule has 7 nitrogen and oxygen atoms in total. The van der Waals surface area contributed by atoms with Crippen LogP contribution in [0.25, 0.3) is 0 Å². The summed E-state index contributed by atoms with van der Waals surface area (Å²) in [5, 5.41) is 11.4. The Morgan fingerprint density at radius 1 is 1.29 bits per heavy atom. The van der Waals surface area contributed by atoms with E-state index < -0.39 is 0 Å². The zero-order valence-corrected chi connectivity index (χ0v) is 19.6. The first-order valence-corrected chi connectivity index (χ1v) is 11.3. The first-order chi connectivity index (χ1) is 14.9. The van der Waals surface area contributed by atoms with Gasteiger partial charge in [0.15, 0.2) is 5.96 Å². The number of aromatic nitrogens is 2. The van der Waals surface area contributed by atoms with E-state index in [2.05, 4.69) is 72.4 Å². The second-order valence-electron chi connectivity index (χ2n) is 8.51. The molecule has 3 rings (SSSR count). The normalized spacial score (nSPS) is 17.6. The summed E-state index contributed by atoms with van der Waals surface area (Å²) in [7, 11) is 0. The first-order valence-electron chi connectivity index (χ1n) is 11.3. The molecule has 1 fully saturated rings. The van der Waals surface area contributed by atoms with Gasteiger partial charge in [0.25, 0.3) is 0 Å². The number of nitrogens with zero attached hydrogens (tertiary/aromatic N) is 3. The lowest BCUT2D eigenvalue weighted by Gasteiger charge is -2.18. The highest BCUT2D eigenvalue weighted by atomic mass is 16.5. The number of aryl methyl sites for hydroxylation is 3. The van der Waals surface area contributed by atoms with Gasteiger partial charge in [-0.05, 0) is 51.3 Å². The van der Waals surface area contributed by atoms with E-state index in [1.807, 2.05) is 6.92 Å². The molecule has 0 radical (unpaired) electrons. The molecular weight excluding hydrogens is 390 g/mol. The highest BCUT2D eigenvalue weighted by Gasteiger charge is 2.18. The van der Waals surface area contributed by atoms with Crippen LogP contribution < -0.4 is 15.4 Å². The predicted molar refractivity (Wildman–Crippen MR) is 125 cm³/mol. The van der Waals surface area contributed by atoms with E-state index in [0.29, 0.717) is 19.1 Å². The van der Waals surface area contributed by atoms with Crippen molar-refractivity contribution in [3.05, 3.63) is 46.8 Å². The summed E-state index contributed by atoms with van der Waals surface area (Å²) in [5.74, 6) is 2.15. The van der Waals surface area contributed by atoms with Crippen molar-refractivity contribution in [3.63, 3.8) is 0 Å². The maximum Gasteiger partial charge on any atom is 0.191 e. The highest BCUT2D eigenvalue weighted by Crippen LogP contribution is 2.24. The molecule has 7 heteroatoms. The van der Waals surface area contributed by atoms with Crippen molar-refractivity contribution in [2.75, 3.05) is 26.3 Å². The molecule has 2 heterocycles. The van der Waals surface area contributed by atoms with Gasteiger partial charge in [-0.25, -0.2) is 4.99 Å². The fourth-order valence-corrected chi connectivity index (χ4v) is 3.68. The van der Waals surface area contributed by atoms with Crippen molar-refractivity contribution in [3.8, 4) is 5.75 Å². The Hall–Kier alpha value is -2.54. The Bertz CT molecular complexity index is 871. The molecule has 0 spiro atoms. The minimum atomic E-state index is 0.131. The zero-order valence-electron chi connectivity index (χ0n) is 19.6. The molecule has 1 aliphatic rings. The van der Waals surface area contributed by atoms with Crippen LogP contribution in [0, 0.1) is 26.7 Å². The second kappa shape index (κ2) is 11.2. The van der Waals surface area contributed by atoms with Crippen LogP contribution in [0.15, 0.2) is 29.3 Å². The molecule has 0 saturated carbocycles. The van der Waals surface area contributed by atoms with Crippen LogP contribution in [-0.2, 0) is 17.8 Å². The van der Waals surface area contributed by atoms with Gasteiger partial charge in [0.05, 0.1) is 25.5 Å². The van der Waals surface area contributed by atoms with Crippen LogP contribution in [0.1, 0.15) is 42.8 Å². The molecule has 0 aliphatic carbocycles. The zero-order chi connectivity index (χ0) is 22.2. The average Bonchev–Trinajstić information content (AvgIpc) is 3.34. The van der Waals surface area contributed by atoms with Crippen molar-refractivity contribution < 1.29 is 9.47 Å². The standard InChI is InChI=1S/C24H37N5O2/c1-6-25-24(26-13-18(3)15-29-20(5)12-19(4)28-29)27-14-21-8-7-17(2)11-23(21)31-22-9-10-30-16-22/h7-8,11-12,18,22H,6,9-10,13-16H2,1-5H3,(H2,25,26,27). The van der Waals surface area contributed by atoms with Crippen LogP contribution in [0.5, 0.6) is 5.75 Å². The first kappa shape index (κ1) is 23.1. The lowest BCUT2D eigenvalue weighted by molar-refractivity contribution is 0.140. The number of guanidine groups is 1. The van der Waals surface area contributed by atoms with Gasteiger partial charge in [-0.15, -0.1) is 0 Å². The third-order valence-electron chi connectivity index (χ3n) is 5.36. The fraction of sp³-hybridized carbons (Fsp3) is 0.583. The number of hydrogen-bond acceptors (Lipinski definition) is 4. The summed E-state index contributed by atoms with van der Waals surface area (Å²) in [6.45, 7) is 15.0. The maximum atomic E-state index is 6.21. The van der Waals surface area contributed by atoms with Gasteiger partial charge in [-0.1, -0.05) is 19.1 Å². The molecule has 0 bridgehead atoms. The van der Waals surface area contributed by atoms with Crippen molar-refractivity contribution in [2.24, 2.45) is 10.9 Å². The molecule has 1 saturated heterocycles. The molecular formula is C24H37N5O2. The van der Waals surface area contributed by atoms with E-state index in [1.165, 1.54) is 11.3 Å². The molecule has 1 aromatic heterocycles. The second-order valence-corrected chi connectivity index (χ2v) is 8.51. The monoisotopic (exact) mass is 427 g/mol. The predicted octanol–water partition coefficient (Wildman–Crippen LogP) is 3.37. The van der Waals surface area contributed by atoms with E-state index in [1.54, 1.807) is 0 Å². The van der Waals surface area contributed by atoms with Crippen LogP contribution in [0.3, 0.4) is 0 Å². The lowest BCUT2D eigenvalue weighted by Crippen LogP contribution is -2.40. The third-order valence-corrected chi connectivity index (χ3v) is 5.36. The third kappa shape index (κ3) is 6.99. The molecule has 170 valence electrons. The van der Waals surface area contributed by atoms with Crippen LogP contribution in [-0.4, -0.2) is 48.1 Å². The molecule has 2 atom stereocenters. The summed E-state index contributed by atoms with van der Waals surface area (Å²) in [4.78, 5) is 4.81. The van der Waals surface area contributed by atoms with Gasteiger partial charge in [-0.2, -0.15) is 5.10 Å². The minimum absolute atomic E-state index is 0.131. The van der Waals surface area contributed by atoms with E-state index in [-0.39, 0.29) is 6.10 Å². The number of hydrogen-bond donors (Lipinski definition) is 2. The topological polar surface area (TPSA) is 72.7 Å². The van der Waals surface area contributed by atoms with Gasteiger partial charge in [0, 0.05) is 37.3 Å². The van der Waals surface area contributed by atoms with Crippen LogP contribution >= 0.6 is 0 Å². The molecule has 2 N–H and O–H groups in total. The summed E-state index contributed by atoms with van der Waals surface area (Å²) >= 11 is 0. The van der Waals surface area contributed by atoms with Crippen LogP contribution in [0.4, 0.5) is 0 Å². The summed E-state index contributed by atoms with van der Waals surface area (Å²) in [6, 6.07) is 8.43. The van der Waals surface area contributed by atoms with E-state index in [0.717, 1.165) is 55.6 Å². The van der Waals surface area contributed by atoms with Gasteiger partial charge >= 0.3 is 0 Å². The minimum Gasteiger partial charge on any atom is -0.488 e. The lowest BCUT2D eigenvalue weighted by atomic mass is 10.1. The van der Waals surface area contributed by atoms with Gasteiger partial charge < -0.3 is 20.1 Å². The highest BCUT2D eigenvalue weighted by molar-refractivity contribution is 5.79. The molecule has 2 aromatic rings. The van der Waals surface area contributed by atoms with Crippen LogP contribution in [0.2, 0.25) is 0 Å². The van der Waals surface area contributed by atoms with E-state index in [9.17, 15) is 0 Å². The number of aliphatic imine (C=N–C) groups is 1. The van der Waals surface area contributed by atoms with Crippen molar-refractivity contribution in [1.29, 1.82) is 0 Å². The number of ether oxygens (including phenoxy) is 2. The molecule has 1 aliphatic heterocycles. The molecule has 1 aromatic carbocycles. The van der Waals surface area contributed by atoms with Crippen molar-refractivity contribution in [1.82, 2.24) is 20.4 Å². The Labute approximate surface area is 186 Å². The summed E-state index contributed by atoms with van der Waals surface area (Å²) in [5.41, 5.74) is 4.53. The number of benzene rings is 1. The Kier molecular flexibility index (Phi) is 8.35. The fourth-order valence-electron chi connectivity index (χ4n) is 3.68. The smallest absolute Gasteiger partial charge is 0.191 e. The van der Waals surface area contributed by atoms with Crippen molar-refractivity contribution in [2.45, 2.75) is 60.2 Å². The quantitative estimate of drug-likeness (QED) is 0.474. The summed E-state index contributed by atoms with van der Waals surface area (Å²) in [6.07, 6.45) is 1.07. The Morgan fingerprint density at radius 3 is 2.81 bits per heavy atom. The molecule has 2 unspecified atom stereocenters. The van der Waals surface area contributed by atoms with Gasteiger partial charge in [0.2, 0.25) is 0 Å². The Balaban J connectivity index is 1.60. The summed E-state index contributed by atoms with van der Waals surface area (Å²) < 4.78 is 13.7. The molecule has 0 amide bonds. The van der Waals surface area contributed by atoms with Crippen molar-refractivity contribution >= 4 is 5.96 Å². The maximum absolute atomic E-state index is 6.21. The Morgan fingerprint density at radius 2 is 2.13 bits per heavy atom. The molecule has 31 heavy (non-hydrogen) atoms. The number of nitrogens with one attached hydrogen (secondary N) is 2. The SMILES string of the molecule is CCNC(=NCc1ccc(C)cc1OC1CCOC1)NCC(C)Cn1nc(C)cc1C.